The predicted octanol–water partition coefficient (Wildman–Crippen LogP) is 5.56. The van der Waals surface area contributed by atoms with E-state index in [1.807, 2.05) is 0 Å². The molecule has 23 heavy (non-hydrogen) atoms. The topological polar surface area (TPSA) is 0 Å². The Balaban J connectivity index is 2.31. The molecule has 0 spiro atoms. The molecule has 0 amide bonds. The van der Waals surface area contributed by atoms with Crippen molar-refractivity contribution in [3.8, 4) is 0 Å². The molecule has 0 nitrogen and oxygen atoms in total. The van der Waals surface area contributed by atoms with Gasteiger partial charge in [0.2, 0.25) is 0 Å². The second-order valence-corrected chi connectivity index (χ2v) is 5.40. The number of halogens is 6. The lowest BCUT2D eigenvalue weighted by atomic mass is 9.91. The van der Waals surface area contributed by atoms with Crippen LogP contribution in [-0.4, -0.2) is 12.3 Å². The van der Waals surface area contributed by atoms with E-state index in [4.69, 9.17) is 0 Å². The summed E-state index contributed by atoms with van der Waals surface area (Å²) < 4.78 is 77.4. The zero-order valence-electron chi connectivity index (χ0n) is 12.2. The van der Waals surface area contributed by atoms with Crippen molar-refractivity contribution < 1.29 is 26.3 Å². The summed E-state index contributed by atoms with van der Waals surface area (Å²) >= 11 is 0. The molecule has 0 heterocycles. The highest BCUT2D eigenvalue weighted by atomic mass is 19.3. The van der Waals surface area contributed by atoms with Crippen LogP contribution in [0.15, 0.2) is 42.5 Å². The average Bonchev–Trinajstić information content (AvgIpc) is 2.46. The number of hydrogen-bond acceptors (Lipinski definition) is 0. The predicted molar refractivity (Wildman–Crippen MR) is 75.0 cm³/mol. The fraction of sp³-hybridized carbons (Fsp3) is 0.294. The van der Waals surface area contributed by atoms with Crippen LogP contribution >= 0.6 is 0 Å². The van der Waals surface area contributed by atoms with Crippen LogP contribution in [0.1, 0.15) is 29.5 Å². The first-order valence-electron chi connectivity index (χ1n) is 6.90. The molecule has 0 aliphatic carbocycles. The molecule has 0 saturated carbocycles. The Morgan fingerprint density at radius 2 is 1.48 bits per heavy atom. The van der Waals surface area contributed by atoms with Crippen molar-refractivity contribution >= 4 is 0 Å². The molecule has 0 bridgehead atoms. The third kappa shape index (κ3) is 4.27. The van der Waals surface area contributed by atoms with E-state index in [0.29, 0.717) is 11.1 Å². The van der Waals surface area contributed by atoms with Gasteiger partial charge in [0.1, 0.15) is 11.6 Å². The molecule has 0 unspecified atom stereocenters. The first kappa shape index (κ1) is 17.4. The van der Waals surface area contributed by atoms with Gasteiger partial charge in [0.15, 0.2) is 0 Å². The molecule has 0 aliphatic heterocycles. The van der Waals surface area contributed by atoms with Crippen LogP contribution in [-0.2, 0) is 6.42 Å². The third-order valence-electron chi connectivity index (χ3n) is 3.61. The molecule has 2 aromatic carbocycles. The van der Waals surface area contributed by atoms with Gasteiger partial charge in [0, 0.05) is 12.3 Å². The second kappa shape index (κ2) is 6.64. The fourth-order valence-electron chi connectivity index (χ4n) is 2.32. The quantitative estimate of drug-likeness (QED) is 0.629. The minimum Gasteiger partial charge on any atom is -0.207 e. The number of hydrogen-bond donors (Lipinski definition) is 0. The molecule has 0 saturated heterocycles. The Hall–Kier alpha value is -1.98. The lowest BCUT2D eigenvalue weighted by molar-refractivity contribution is -0.127. The molecular weight excluding hydrogens is 318 g/mol. The second-order valence-electron chi connectivity index (χ2n) is 5.40. The van der Waals surface area contributed by atoms with Gasteiger partial charge in [-0.3, -0.25) is 0 Å². The number of rotatable bonds is 5. The molecule has 2 rings (SSSR count). The maximum Gasteiger partial charge on any atom is 0.311 e. The van der Waals surface area contributed by atoms with E-state index < -0.39 is 36.3 Å². The molecule has 0 fully saturated rings. The van der Waals surface area contributed by atoms with Gasteiger partial charge in [-0.25, -0.2) is 17.6 Å². The Morgan fingerprint density at radius 1 is 0.870 bits per heavy atom. The Kier molecular flexibility index (Phi) is 5.02. The summed E-state index contributed by atoms with van der Waals surface area (Å²) in [7, 11) is 0. The van der Waals surface area contributed by atoms with Gasteiger partial charge in [0.05, 0.1) is 0 Å². The van der Waals surface area contributed by atoms with Crippen molar-refractivity contribution in [2.24, 2.45) is 0 Å². The molecule has 0 radical (unpaired) electrons. The summed E-state index contributed by atoms with van der Waals surface area (Å²) in [6, 6.07) is 8.70. The van der Waals surface area contributed by atoms with Crippen LogP contribution < -0.4 is 0 Å². The summed E-state index contributed by atoms with van der Waals surface area (Å²) in [5, 5.41) is 0. The Morgan fingerprint density at radius 3 is 2.04 bits per heavy atom. The lowest BCUT2D eigenvalue weighted by Crippen LogP contribution is -2.29. The van der Waals surface area contributed by atoms with Gasteiger partial charge >= 0.3 is 12.3 Å². The van der Waals surface area contributed by atoms with E-state index in [1.54, 1.807) is 6.92 Å². The highest BCUT2D eigenvalue weighted by Gasteiger charge is 2.40. The van der Waals surface area contributed by atoms with Gasteiger partial charge in [-0.2, -0.15) is 8.78 Å². The summed E-state index contributed by atoms with van der Waals surface area (Å²) in [5.41, 5.74) is 0.805. The summed E-state index contributed by atoms with van der Waals surface area (Å²) in [5.74, 6) is -5.83. The highest BCUT2D eigenvalue weighted by molar-refractivity contribution is 5.35. The lowest BCUT2D eigenvalue weighted by Gasteiger charge is -2.18. The minimum atomic E-state index is -4.22. The van der Waals surface area contributed by atoms with Crippen molar-refractivity contribution in [3.05, 3.63) is 70.8 Å². The SMILES string of the molecule is C[C@H](c1ccc(F)cc1)c1cc(F)cc(CC(F)(F)C(F)F)c1. The van der Waals surface area contributed by atoms with Crippen molar-refractivity contribution in [1.29, 1.82) is 0 Å². The normalized spacial score (nSPS) is 13.4. The van der Waals surface area contributed by atoms with Gasteiger partial charge in [-0.05, 0) is 41.0 Å². The van der Waals surface area contributed by atoms with Crippen LogP contribution in [0.2, 0.25) is 0 Å². The molecular formula is C17H14F6. The van der Waals surface area contributed by atoms with Crippen LogP contribution in [0, 0.1) is 11.6 Å². The third-order valence-corrected chi connectivity index (χ3v) is 3.61. The monoisotopic (exact) mass is 332 g/mol. The van der Waals surface area contributed by atoms with E-state index in [0.717, 1.165) is 12.1 Å². The van der Waals surface area contributed by atoms with Crippen molar-refractivity contribution in [1.82, 2.24) is 0 Å². The molecule has 124 valence electrons. The van der Waals surface area contributed by atoms with Gasteiger partial charge < -0.3 is 0 Å². The van der Waals surface area contributed by atoms with Crippen LogP contribution in [0.5, 0.6) is 0 Å². The van der Waals surface area contributed by atoms with Crippen LogP contribution in [0.3, 0.4) is 0 Å². The van der Waals surface area contributed by atoms with E-state index in [2.05, 4.69) is 0 Å². The van der Waals surface area contributed by atoms with Crippen LogP contribution in [0.4, 0.5) is 26.3 Å². The standard InChI is InChI=1S/C17H14F6/c1-10(12-2-4-14(18)5-3-12)13-6-11(7-15(19)8-13)9-17(22,23)16(20)21/h2-8,10,16H,9H2,1H3/t10-/m1/s1. The zero-order chi connectivity index (χ0) is 17.2. The largest absolute Gasteiger partial charge is 0.311 e. The highest BCUT2D eigenvalue weighted by Crippen LogP contribution is 2.30. The van der Waals surface area contributed by atoms with Gasteiger partial charge in [-0.15, -0.1) is 0 Å². The molecule has 2 aromatic rings. The van der Waals surface area contributed by atoms with Crippen LogP contribution in [0.25, 0.3) is 0 Å². The van der Waals surface area contributed by atoms with Crippen molar-refractivity contribution in [2.45, 2.75) is 31.6 Å². The Bertz CT molecular complexity index is 663. The molecule has 0 aliphatic rings. The van der Waals surface area contributed by atoms with Crippen molar-refractivity contribution in [2.75, 3.05) is 0 Å². The summed E-state index contributed by atoms with van der Waals surface area (Å²) in [6.07, 6.45) is -5.06. The Labute approximate surface area is 129 Å². The maximum atomic E-state index is 13.7. The summed E-state index contributed by atoms with van der Waals surface area (Å²) in [4.78, 5) is 0. The van der Waals surface area contributed by atoms with E-state index >= 15 is 0 Å². The van der Waals surface area contributed by atoms with E-state index in [-0.39, 0.29) is 5.56 Å². The minimum absolute atomic E-state index is 0.209. The van der Waals surface area contributed by atoms with Gasteiger partial charge in [0.25, 0.3) is 0 Å². The fourth-order valence-corrected chi connectivity index (χ4v) is 2.32. The molecule has 0 aromatic heterocycles. The van der Waals surface area contributed by atoms with E-state index in [9.17, 15) is 26.3 Å². The molecule has 1 atom stereocenters. The zero-order valence-corrected chi connectivity index (χ0v) is 12.2. The number of benzene rings is 2. The van der Waals surface area contributed by atoms with E-state index in [1.165, 1.54) is 30.3 Å². The first-order chi connectivity index (χ1) is 10.7. The van der Waals surface area contributed by atoms with Gasteiger partial charge in [-0.1, -0.05) is 25.1 Å². The molecule has 0 N–H and O–H groups in total. The molecule has 6 heteroatoms. The first-order valence-corrected chi connectivity index (χ1v) is 6.90. The number of alkyl halides is 4. The maximum absolute atomic E-state index is 13.7. The average molecular weight is 332 g/mol. The smallest absolute Gasteiger partial charge is 0.207 e. The summed E-state index contributed by atoms with van der Waals surface area (Å²) in [6.45, 7) is 1.69. The van der Waals surface area contributed by atoms with Crippen molar-refractivity contribution in [3.63, 3.8) is 0 Å².